The number of nitrogens with one attached hydrogen (secondary N) is 1. The zero-order valence-corrected chi connectivity index (χ0v) is 24.8. The normalized spacial score (nSPS) is 13.6. The Hall–Kier alpha value is -6.06. The number of para-hydroxylation sites is 3. The zero-order chi connectivity index (χ0) is 30.2. The third kappa shape index (κ3) is 3.48. The summed E-state index contributed by atoms with van der Waals surface area (Å²) in [5, 5.41) is 5.96. The molecule has 1 spiro atoms. The fourth-order valence-corrected chi connectivity index (χ4v) is 7.76. The number of anilines is 2. The van der Waals surface area contributed by atoms with E-state index < -0.39 is 5.41 Å². The minimum Gasteiger partial charge on any atom is -0.457 e. The molecule has 216 valence electrons. The Labute approximate surface area is 266 Å². The molecule has 3 nitrogen and oxygen atoms in total. The molecular weight excluding hydrogens is 562 g/mol. The second-order valence-corrected chi connectivity index (χ2v) is 12.2. The predicted molar refractivity (Wildman–Crippen MR) is 186 cm³/mol. The van der Waals surface area contributed by atoms with E-state index in [2.05, 4.69) is 151 Å². The molecule has 0 atom stereocenters. The van der Waals surface area contributed by atoms with Gasteiger partial charge in [0.15, 0.2) is 0 Å². The van der Waals surface area contributed by atoms with Crippen LogP contribution in [0.25, 0.3) is 44.2 Å². The molecule has 3 heteroatoms. The van der Waals surface area contributed by atoms with Crippen LogP contribution in [0, 0.1) is 0 Å². The van der Waals surface area contributed by atoms with Crippen molar-refractivity contribution in [1.82, 2.24) is 0 Å². The number of rotatable bonds is 3. The number of ether oxygens (including phenoxy) is 1. The van der Waals surface area contributed by atoms with Crippen molar-refractivity contribution in [3.05, 3.63) is 180 Å². The quantitative estimate of drug-likeness (QED) is 0.223. The summed E-state index contributed by atoms with van der Waals surface area (Å²) < 4.78 is 12.8. The fourth-order valence-electron chi connectivity index (χ4n) is 7.76. The SMILES string of the molecule is c1ccc(-c2ccc3c(c2)-c2ccc(Nc4ccc5c(c4)oc4ccccc45)cc2C32c3ccccc3Oc3ccccc32)cc1. The molecule has 0 bridgehead atoms. The monoisotopic (exact) mass is 589 g/mol. The molecule has 0 saturated heterocycles. The Balaban J connectivity index is 1.19. The molecule has 1 aliphatic heterocycles. The molecule has 0 fully saturated rings. The van der Waals surface area contributed by atoms with E-state index >= 15 is 0 Å². The van der Waals surface area contributed by atoms with Crippen molar-refractivity contribution in [3.63, 3.8) is 0 Å². The number of benzene rings is 7. The first kappa shape index (κ1) is 25.3. The van der Waals surface area contributed by atoms with Gasteiger partial charge in [0.05, 0.1) is 5.41 Å². The van der Waals surface area contributed by atoms with Crippen LogP contribution in [0.3, 0.4) is 0 Å². The molecule has 10 rings (SSSR count). The summed E-state index contributed by atoms with van der Waals surface area (Å²) in [6.45, 7) is 0. The predicted octanol–water partition coefficient (Wildman–Crippen LogP) is 11.5. The van der Waals surface area contributed by atoms with E-state index in [1.807, 2.05) is 12.1 Å². The molecule has 8 aromatic rings. The van der Waals surface area contributed by atoms with Crippen molar-refractivity contribution in [2.24, 2.45) is 0 Å². The van der Waals surface area contributed by atoms with Crippen molar-refractivity contribution in [2.45, 2.75) is 5.41 Å². The average Bonchev–Trinajstić information content (AvgIpc) is 3.62. The second-order valence-electron chi connectivity index (χ2n) is 12.2. The van der Waals surface area contributed by atoms with Gasteiger partial charge in [-0.1, -0.05) is 103 Å². The van der Waals surface area contributed by atoms with Gasteiger partial charge in [0.1, 0.15) is 22.7 Å². The van der Waals surface area contributed by atoms with Crippen molar-refractivity contribution in [1.29, 1.82) is 0 Å². The number of hydrogen-bond donors (Lipinski definition) is 1. The summed E-state index contributed by atoms with van der Waals surface area (Å²) in [6, 6.07) is 56.0. The van der Waals surface area contributed by atoms with Crippen molar-refractivity contribution in [3.8, 4) is 33.8 Å². The van der Waals surface area contributed by atoms with E-state index in [9.17, 15) is 0 Å². The van der Waals surface area contributed by atoms with Gasteiger partial charge in [0.2, 0.25) is 0 Å². The number of hydrogen-bond acceptors (Lipinski definition) is 3. The van der Waals surface area contributed by atoms with Gasteiger partial charge < -0.3 is 14.5 Å². The van der Waals surface area contributed by atoms with Crippen molar-refractivity contribution < 1.29 is 9.15 Å². The molecule has 1 aliphatic carbocycles. The molecule has 2 heterocycles. The summed E-state index contributed by atoms with van der Waals surface area (Å²) in [5.74, 6) is 1.78. The Morgan fingerprint density at radius 1 is 0.413 bits per heavy atom. The summed E-state index contributed by atoms with van der Waals surface area (Å²) in [7, 11) is 0. The van der Waals surface area contributed by atoms with Gasteiger partial charge in [-0.25, -0.2) is 0 Å². The summed E-state index contributed by atoms with van der Waals surface area (Å²) in [4.78, 5) is 0. The van der Waals surface area contributed by atoms with Gasteiger partial charge in [0, 0.05) is 39.3 Å². The zero-order valence-electron chi connectivity index (χ0n) is 24.8. The van der Waals surface area contributed by atoms with Crippen molar-refractivity contribution >= 4 is 33.3 Å². The third-order valence-corrected chi connectivity index (χ3v) is 9.71. The molecule has 1 N–H and O–H groups in total. The third-order valence-electron chi connectivity index (χ3n) is 9.71. The molecule has 0 saturated carbocycles. The number of fused-ring (bicyclic) bond motifs is 12. The average molecular weight is 590 g/mol. The highest BCUT2D eigenvalue weighted by atomic mass is 16.5. The molecule has 0 amide bonds. The van der Waals surface area contributed by atoms with Crippen molar-refractivity contribution in [2.75, 3.05) is 5.32 Å². The summed E-state index contributed by atoms with van der Waals surface area (Å²) in [5.41, 5.74) is 13.0. The lowest BCUT2D eigenvalue weighted by atomic mass is 9.66. The Bertz CT molecular complexity index is 2440. The lowest BCUT2D eigenvalue weighted by Crippen LogP contribution is -2.32. The standard InChI is InChI=1S/C43H27NO2/c1-2-10-27(11-3-1)28-18-23-35-34(24-28)31-21-19-29(44-30-20-22-33-32-12-4-7-15-39(32)45-42(33)26-30)25-38(31)43(35)36-13-5-8-16-40(36)46-41-17-9-6-14-37(41)43/h1-26,44H. The molecule has 2 aliphatic rings. The lowest BCUT2D eigenvalue weighted by molar-refractivity contribution is 0.436. The van der Waals surface area contributed by atoms with Crippen LogP contribution in [0.15, 0.2) is 162 Å². The maximum Gasteiger partial charge on any atom is 0.137 e. The maximum absolute atomic E-state index is 6.55. The lowest BCUT2D eigenvalue weighted by Gasteiger charge is -2.39. The number of furan rings is 1. The highest BCUT2D eigenvalue weighted by Crippen LogP contribution is 2.62. The first-order valence-corrected chi connectivity index (χ1v) is 15.7. The van der Waals surface area contributed by atoms with E-state index in [1.165, 1.54) is 33.4 Å². The van der Waals surface area contributed by atoms with Crippen LogP contribution in [0.4, 0.5) is 11.4 Å². The van der Waals surface area contributed by atoms with E-state index in [1.54, 1.807) is 0 Å². The Morgan fingerprint density at radius 3 is 1.91 bits per heavy atom. The molecule has 7 aromatic carbocycles. The highest BCUT2D eigenvalue weighted by Gasteiger charge is 2.51. The maximum atomic E-state index is 6.55. The minimum atomic E-state index is -0.536. The largest absolute Gasteiger partial charge is 0.457 e. The first-order chi connectivity index (χ1) is 22.8. The van der Waals surface area contributed by atoms with Crippen LogP contribution in [0.2, 0.25) is 0 Å². The van der Waals surface area contributed by atoms with E-state index in [4.69, 9.17) is 9.15 Å². The van der Waals surface area contributed by atoms with Gasteiger partial charge in [0.25, 0.3) is 0 Å². The molecule has 0 unspecified atom stereocenters. The molecule has 46 heavy (non-hydrogen) atoms. The second kappa shape index (κ2) is 9.47. The van der Waals surface area contributed by atoms with E-state index in [-0.39, 0.29) is 0 Å². The van der Waals surface area contributed by atoms with E-state index in [0.29, 0.717) is 0 Å². The smallest absolute Gasteiger partial charge is 0.137 e. The van der Waals surface area contributed by atoms with Crippen LogP contribution in [0.1, 0.15) is 22.3 Å². The van der Waals surface area contributed by atoms with Gasteiger partial charge in [-0.2, -0.15) is 0 Å². The Kier molecular flexibility index (Phi) is 5.20. The first-order valence-electron chi connectivity index (χ1n) is 15.7. The minimum absolute atomic E-state index is 0.536. The fraction of sp³-hybridized carbons (Fsp3) is 0.0233. The van der Waals surface area contributed by atoms with Crippen LogP contribution in [-0.4, -0.2) is 0 Å². The summed E-state index contributed by atoms with van der Waals surface area (Å²) >= 11 is 0. The molecule has 0 radical (unpaired) electrons. The Morgan fingerprint density at radius 2 is 1.09 bits per heavy atom. The van der Waals surface area contributed by atoms with Gasteiger partial charge in [-0.05, 0) is 81.9 Å². The van der Waals surface area contributed by atoms with Crippen LogP contribution in [0.5, 0.6) is 11.5 Å². The molecule has 1 aromatic heterocycles. The van der Waals surface area contributed by atoms with Crippen LogP contribution >= 0.6 is 0 Å². The highest BCUT2D eigenvalue weighted by molar-refractivity contribution is 6.05. The van der Waals surface area contributed by atoms with Gasteiger partial charge in [-0.15, -0.1) is 0 Å². The van der Waals surface area contributed by atoms with Gasteiger partial charge in [-0.3, -0.25) is 0 Å². The van der Waals surface area contributed by atoms with Crippen LogP contribution in [-0.2, 0) is 5.41 Å². The topological polar surface area (TPSA) is 34.4 Å². The van der Waals surface area contributed by atoms with Gasteiger partial charge >= 0.3 is 0 Å². The van der Waals surface area contributed by atoms with Crippen LogP contribution < -0.4 is 10.1 Å². The summed E-state index contributed by atoms with van der Waals surface area (Å²) in [6.07, 6.45) is 0. The van der Waals surface area contributed by atoms with E-state index in [0.717, 1.165) is 55.9 Å². The molecular formula is C43H27NO2.